The summed E-state index contributed by atoms with van der Waals surface area (Å²) in [6, 6.07) is 0. The van der Waals surface area contributed by atoms with Crippen LogP contribution in [0.2, 0.25) is 0 Å². The molecule has 0 aromatic carbocycles. The first-order valence-corrected chi connectivity index (χ1v) is 10.2. The van der Waals surface area contributed by atoms with Crippen molar-refractivity contribution in [3.8, 4) is 0 Å². The number of unbranched alkanes of at least 4 members (excludes halogenated alkanes) is 8. The monoisotopic (exact) mass is 356 g/mol. The molecule has 0 heterocycles. The van der Waals surface area contributed by atoms with E-state index < -0.39 is 0 Å². The number of allylic oxidation sites excluding steroid dienone is 1. The van der Waals surface area contributed by atoms with Crippen molar-refractivity contribution < 1.29 is 19.4 Å². The lowest BCUT2D eigenvalue weighted by Crippen LogP contribution is -2.09. The first kappa shape index (κ1) is 24.1. The first-order chi connectivity index (χ1) is 12.2. The number of carbonyl (C=O) groups is 1. The van der Waals surface area contributed by atoms with Crippen LogP contribution in [0.4, 0.5) is 0 Å². The lowest BCUT2D eigenvalue weighted by molar-refractivity contribution is -0.145. The van der Waals surface area contributed by atoms with Gasteiger partial charge in [-0.3, -0.25) is 4.79 Å². The van der Waals surface area contributed by atoms with Gasteiger partial charge in [-0.15, -0.1) is 0 Å². The van der Waals surface area contributed by atoms with Gasteiger partial charge in [0, 0.05) is 13.5 Å². The maximum atomic E-state index is 11.4. The number of rotatable bonds is 18. The van der Waals surface area contributed by atoms with Gasteiger partial charge < -0.3 is 14.6 Å². The van der Waals surface area contributed by atoms with E-state index in [4.69, 9.17) is 9.47 Å². The zero-order valence-corrected chi connectivity index (χ0v) is 16.5. The average molecular weight is 357 g/mol. The summed E-state index contributed by atoms with van der Waals surface area (Å²) in [5.41, 5.74) is 0. The molecule has 0 fully saturated rings. The Balaban J connectivity index is 3.30. The predicted molar refractivity (Wildman–Crippen MR) is 104 cm³/mol. The van der Waals surface area contributed by atoms with E-state index in [-0.39, 0.29) is 12.1 Å². The standard InChI is InChI=1S/C21H40O4/c1-3-4-5-12-15-20(22)16-13-10-8-6-7-9-11-14-17-21(23)25-19-18-24-2/h10,13,20,22H,3-9,11-12,14-19H2,1-2H3. The number of aliphatic hydroxyl groups is 1. The van der Waals surface area contributed by atoms with Crippen molar-refractivity contribution in [2.24, 2.45) is 0 Å². The zero-order chi connectivity index (χ0) is 18.6. The third-order valence-electron chi connectivity index (χ3n) is 4.27. The van der Waals surface area contributed by atoms with E-state index in [1.165, 1.54) is 38.5 Å². The van der Waals surface area contributed by atoms with Gasteiger partial charge in [-0.05, 0) is 32.1 Å². The Kier molecular flexibility index (Phi) is 18.8. The summed E-state index contributed by atoms with van der Waals surface area (Å²) in [4.78, 5) is 11.4. The van der Waals surface area contributed by atoms with E-state index in [0.29, 0.717) is 19.6 Å². The number of hydrogen-bond donors (Lipinski definition) is 1. The molecule has 0 bridgehead atoms. The van der Waals surface area contributed by atoms with E-state index in [9.17, 15) is 9.90 Å². The minimum atomic E-state index is -0.170. The SMILES string of the molecule is CCCCCCC(O)CC=CCCCCCCCC(=O)OCCOC. The minimum absolute atomic E-state index is 0.117. The summed E-state index contributed by atoms with van der Waals surface area (Å²) < 4.78 is 9.85. The normalized spacial score (nSPS) is 12.6. The van der Waals surface area contributed by atoms with Crippen molar-refractivity contribution >= 4 is 5.97 Å². The quantitative estimate of drug-likeness (QED) is 0.209. The van der Waals surface area contributed by atoms with E-state index in [1.54, 1.807) is 7.11 Å². The minimum Gasteiger partial charge on any atom is -0.463 e. The Morgan fingerprint density at radius 2 is 1.68 bits per heavy atom. The Bertz CT molecular complexity index is 315. The maximum absolute atomic E-state index is 11.4. The number of esters is 1. The molecule has 0 saturated heterocycles. The van der Waals surface area contributed by atoms with Crippen LogP contribution in [0.25, 0.3) is 0 Å². The van der Waals surface area contributed by atoms with Gasteiger partial charge in [-0.2, -0.15) is 0 Å². The fourth-order valence-corrected chi connectivity index (χ4v) is 2.67. The molecule has 25 heavy (non-hydrogen) atoms. The lowest BCUT2D eigenvalue weighted by Gasteiger charge is -2.07. The van der Waals surface area contributed by atoms with E-state index in [0.717, 1.165) is 38.5 Å². The Morgan fingerprint density at radius 3 is 2.44 bits per heavy atom. The van der Waals surface area contributed by atoms with Crippen molar-refractivity contribution in [3.05, 3.63) is 12.2 Å². The van der Waals surface area contributed by atoms with Crippen LogP contribution in [-0.4, -0.2) is 37.5 Å². The maximum Gasteiger partial charge on any atom is 0.305 e. The fourth-order valence-electron chi connectivity index (χ4n) is 2.67. The van der Waals surface area contributed by atoms with Gasteiger partial charge in [0.25, 0.3) is 0 Å². The number of aliphatic hydroxyl groups excluding tert-OH is 1. The summed E-state index contributed by atoms with van der Waals surface area (Å²) in [5, 5.41) is 9.87. The van der Waals surface area contributed by atoms with Crippen LogP contribution in [0.1, 0.15) is 90.4 Å². The molecule has 0 aromatic heterocycles. The molecule has 0 amide bonds. The van der Waals surface area contributed by atoms with Crippen LogP contribution in [0.3, 0.4) is 0 Å². The molecule has 0 radical (unpaired) electrons. The van der Waals surface area contributed by atoms with Crippen molar-refractivity contribution in [3.63, 3.8) is 0 Å². The summed E-state index contributed by atoms with van der Waals surface area (Å²) in [5.74, 6) is -0.117. The van der Waals surface area contributed by atoms with Gasteiger partial charge in [0.05, 0.1) is 12.7 Å². The second-order valence-electron chi connectivity index (χ2n) is 6.73. The molecule has 4 nitrogen and oxygen atoms in total. The van der Waals surface area contributed by atoms with Crippen molar-refractivity contribution in [2.75, 3.05) is 20.3 Å². The van der Waals surface area contributed by atoms with Crippen LogP contribution in [0.15, 0.2) is 12.2 Å². The average Bonchev–Trinajstić information content (AvgIpc) is 2.60. The Hall–Kier alpha value is -0.870. The molecular weight excluding hydrogens is 316 g/mol. The Morgan fingerprint density at radius 1 is 0.960 bits per heavy atom. The highest BCUT2D eigenvalue weighted by molar-refractivity contribution is 5.69. The van der Waals surface area contributed by atoms with Gasteiger partial charge in [0.15, 0.2) is 0 Å². The third-order valence-corrected chi connectivity index (χ3v) is 4.27. The van der Waals surface area contributed by atoms with Crippen molar-refractivity contribution in [1.29, 1.82) is 0 Å². The number of hydrogen-bond acceptors (Lipinski definition) is 4. The fraction of sp³-hybridized carbons (Fsp3) is 0.857. The van der Waals surface area contributed by atoms with Gasteiger partial charge >= 0.3 is 5.97 Å². The molecule has 1 atom stereocenters. The third kappa shape index (κ3) is 19.3. The molecule has 0 aromatic rings. The molecule has 0 spiro atoms. The predicted octanol–water partition coefficient (Wildman–Crippen LogP) is 5.18. The summed E-state index contributed by atoms with van der Waals surface area (Å²) in [6.07, 6.45) is 17.9. The summed E-state index contributed by atoms with van der Waals surface area (Å²) >= 11 is 0. The molecule has 1 N–H and O–H groups in total. The molecule has 1 unspecified atom stereocenters. The smallest absolute Gasteiger partial charge is 0.305 e. The van der Waals surface area contributed by atoms with Gasteiger partial charge in [-0.1, -0.05) is 64.0 Å². The van der Waals surface area contributed by atoms with Crippen LogP contribution in [-0.2, 0) is 14.3 Å². The highest BCUT2D eigenvalue weighted by atomic mass is 16.6. The first-order valence-electron chi connectivity index (χ1n) is 10.2. The molecular formula is C21H40O4. The number of ether oxygens (including phenoxy) is 2. The van der Waals surface area contributed by atoms with E-state index in [2.05, 4.69) is 19.1 Å². The molecule has 0 aliphatic rings. The van der Waals surface area contributed by atoms with Crippen LogP contribution >= 0.6 is 0 Å². The number of carbonyl (C=O) groups excluding carboxylic acids is 1. The van der Waals surface area contributed by atoms with E-state index in [1.807, 2.05) is 0 Å². The van der Waals surface area contributed by atoms with E-state index >= 15 is 0 Å². The second-order valence-corrected chi connectivity index (χ2v) is 6.73. The molecule has 0 saturated carbocycles. The lowest BCUT2D eigenvalue weighted by atomic mass is 10.1. The largest absolute Gasteiger partial charge is 0.463 e. The van der Waals surface area contributed by atoms with Crippen molar-refractivity contribution in [2.45, 2.75) is 96.5 Å². The van der Waals surface area contributed by atoms with Crippen LogP contribution < -0.4 is 0 Å². The van der Waals surface area contributed by atoms with Crippen molar-refractivity contribution in [1.82, 2.24) is 0 Å². The summed E-state index contributed by atoms with van der Waals surface area (Å²) in [6.45, 7) is 3.03. The second kappa shape index (κ2) is 19.5. The Labute approximate surface area is 155 Å². The van der Waals surface area contributed by atoms with Crippen LogP contribution in [0, 0.1) is 0 Å². The van der Waals surface area contributed by atoms with Crippen LogP contribution in [0.5, 0.6) is 0 Å². The highest BCUT2D eigenvalue weighted by Gasteiger charge is 2.02. The number of methoxy groups -OCH3 is 1. The topological polar surface area (TPSA) is 55.8 Å². The molecule has 0 aliphatic heterocycles. The molecule has 0 rings (SSSR count). The highest BCUT2D eigenvalue weighted by Crippen LogP contribution is 2.10. The summed E-state index contributed by atoms with van der Waals surface area (Å²) in [7, 11) is 1.60. The molecule has 0 aliphatic carbocycles. The van der Waals surface area contributed by atoms with Gasteiger partial charge in [0.2, 0.25) is 0 Å². The zero-order valence-electron chi connectivity index (χ0n) is 16.5. The van der Waals surface area contributed by atoms with Gasteiger partial charge in [0.1, 0.15) is 6.61 Å². The molecule has 4 heteroatoms. The van der Waals surface area contributed by atoms with Gasteiger partial charge in [-0.25, -0.2) is 0 Å². The molecule has 148 valence electrons.